The summed E-state index contributed by atoms with van der Waals surface area (Å²) in [4.78, 5) is 38.6. The van der Waals surface area contributed by atoms with Crippen molar-refractivity contribution >= 4 is 17.7 Å². The fraction of sp³-hybridized carbons (Fsp3) is 0.357. The summed E-state index contributed by atoms with van der Waals surface area (Å²) in [5, 5.41) is 10.2. The van der Waals surface area contributed by atoms with Crippen molar-refractivity contribution < 1.29 is 14.3 Å². The highest BCUT2D eigenvalue weighted by molar-refractivity contribution is 5.84. The number of nitrogens with zero attached hydrogens (tertiary/aromatic N) is 3. The molecule has 0 atom stereocenters. The Labute approximate surface area is 216 Å². The van der Waals surface area contributed by atoms with Gasteiger partial charge in [0.2, 0.25) is 5.91 Å². The molecule has 2 N–H and O–H groups in total. The number of ether oxygens (including phenoxy) is 1. The molecule has 1 aliphatic heterocycles. The summed E-state index contributed by atoms with van der Waals surface area (Å²) in [6.45, 7) is 5.18. The highest BCUT2D eigenvalue weighted by Gasteiger charge is 2.13. The SMILES string of the molecule is CCOC(=O)Nc1cccc(Cn2nc(-c3ccc(CNC(=O)CN4CCCCC4)cc3)ccc2=O)c1. The van der Waals surface area contributed by atoms with Crippen molar-refractivity contribution in [2.75, 3.05) is 31.6 Å². The van der Waals surface area contributed by atoms with E-state index in [1.807, 2.05) is 30.3 Å². The Morgan fingerprint density at radius 1 is 0.973 bits per heavy atom. The monoisotopic (exact) mass is 503 g/mol. The van der Waals surface area contributed by atoms with Crippen molar-refractivity contribution in [3.63, 3.8) is 0 Å². The van der Waals surface area contributed by atoms with Crippen LogP contribution >= 0.6 is 0 Å². The highest BCUT2D eigenvalue weighted by atomic mass is 16.5. The Bertz CT molecular complexity index is 1270. The third-order valence-corrected chi connectivity index (χ3v) is 6.20. The first-order valence-electron chi connectivity index (χ1n) is 12.7. The van der Waals surface area contributed by atoms with Crippen LogP contribution in [-0.4, -0.2) is 52.9 Å². The normalized spacial score (nSPS) is 13.6. The minimum atomic E-state index is -0.526. The maximum atomic E-state index is 12.5. The summed E-state index contributed by atoms with van der Waals surface area (Å²) in [6, 6.07) is 18.2. The highest BCUT2D eigenvalue weighted by Crippen LogP contribution is 2.17. The largest absolute Gasteiger partial charge is 0.450 e. The second kappa shape index (κ2) is 12.8. The number of nitrogens with one attached hydrogen (secondary N) is 2. The zero-order valence-corrected chi connectivity index (χ0v) is 21.1. The smallest absolute Gasteiger partial charge is 0.411 e. The Balaban J connectivity index is 1.37. The number of aromatic nitrogens is 2. The van der Waals surface area contributed by atoms with Crippen molar-refractivity contribution in [3.8, 4) is 11.3 Å². The lowest BCUT2D eigenvalue weighted by Gasteiger charge is -2.25. The molecule has 3 aromatic rings. The summed E-state index contributed by atoms with van der Waals surface area (Å²) >= 11 is 0. The maximum absolute atomic E-state index is 12.5. The number of benzene rings is 2. The molecule has 37 heavy (non-hydrogen) atoms. The molecule has 1 saturated heterocycles. The van der Waals surface area contributed by atoms with Gasteiger partial charge in [0, 0.05) is 23.9 Å². The average Bonchev–Trinajstić information content (AvgIpc) is 2.90. The first-order valence-corrected chi connectivity index (χ1v) is 12.7. The summed E-state index contributed by atoms with van der Waals surface area (Å²) in [5.41, 5.74) is 3.71. The van der Waals surface area contributed by atoms with Gasteiger partial charge in [0.25, 0.3) is 5.56 Å². The van der Waals surface area contributed by atoms with E-state index in [9.17, 15) is 14.4 Å². The minimum absolute atomic E-state index is 0.0428. The van der Waals surface area contributed by atoms with E-state index in [0.29, 0.717) is 24.5 Å². The average molecular weight is 504 g/mol. The van der Waals surface area contributed by atoms with Crippen LogP contribution in [0.25, 0.3) is 11.3 Å². The molecule has 1 aliphatic rings. The Hall–Kier alpha value is -3.98. The van der Waals surface area contributed by atoms with E-state index in [2.05, 4.69) is 20.6 Å². The number of rotatable bonds is 9. The molecule has 0 bridgehead atoms. The molecule has 2 heterocycles. The van der Waals surface area contributed by atoms with Gasteiger partial charge in [0.15, 0.2) is 0 Å². The predicted octanol–water partition coefficient (Wildman–Crippen LogP) is 3.63. The standard InChI is InChI=1S/C28H33N5O4/c1-2-37-28(36)30-24-8-6-7-22(17-24)19-33-27(35)14-13-25(31-33)23-11-9-21(10-12-23)18-29-26(34)20-32-15-4-3-5-16-32/h6-14,17H,2-5,15-16,18-20H2,1H3,(H,29,34)(H,30,36). The topological polar surface area (TPSA) is 106 Å². The molecule has 9 nitrogen and oxygen atoms in total. The Kier molecular flexibility index (Phi) is 9.04. The van der Waals surface area contributed by atoms with Gasteiger partial charge in [0.05, 0.1) is 25.4 Å². The van der Waals surface area contributed by atoms with Crippen LogP contribution in [-0.2, 0) is 22.6 Å². The molecular weight excluding hydrogens is 470 g/mol. The molecular formula is C28H33N5O4. The molecule has 0 unspecified atom stereocenters. The van der Waals surface area contributed by atoms with Crippen LogP contribution < -0.4 is 16.2 Å². The van der Waals surface area contributed by atoms with Gasteiger partial charge in [-0.15, -0.1) is 0 Å². The maximum Gasteiger partial charge on any atom is 0.411 e. The van der Waals surface area contributed by atoms with E-state index >= 15 is 0 Å². The van der Waals surface area contributed by atoms with Crippen LogP contribution in [0.1, 0.15) is 37.3 Å². The summed E-state index contributed by atoms with van der Waals surface area (Å²) in [7, 11) is 0. The van der Waals surface area contributed by atoms with E-state index in [1.165, 1.54) is 17.2 Å². The Morgan fingerprint density at radius 2 is 1.76 bits per heavy atom. The quantitative estimate of drug-likeness (QED) is 0.462. The van der Waals surface area contributed by atoms with E-state index in [1.54, 1.807) is 31.2 Å². The number of carbonyl (C=O) groups excluding carboxylic acids is 2. The van der Waals surface area contributed by atoms with Gasteiger partial charge >= 0.3 is 6.09 Å². The number of amides is 2. The van der Waals surface area contributed by atoms with Crippen LogP contribution in [0, 0.1) is 0 Å². The van der Waals surface area contributed by atoms with Gasteiger partial charge in [0.1, 0.15) is 0 Å². The molecule has 0 aliphatic carbocycles. The van der Waals surface area contributed by atoms with Gasteiger partial charge < -0.3 is 10.1 Å². The number of hydrogen-bond acceptors (Lipinski definition) is 6. The molecule has 0 spiro atoms. The third-order valence-electron chi connectivity index (χ3n) is 6.20. The van der Waals surface area contributed by atoms with Gasteiger partial charge in [-0.25, -0.2) is 9.48 Å². The van der Waals surface area contributed by atoms with Crippen LogP contribution in [0.5, 0.6) is 0 Å². The number of hydrogen-bond donors (Lipinski definition) is 2. The molecule has 4 rings (SSSR count). The predicted molar refractivity (Wildman–Crippen MR) is 142 cm³/mol. The lowest BCUT2D eigenvalue weighted by atomic mass is 10.1. The van der Waals surface area contributed by atoms with Crippen molar-refractivity contribution in [1.82, 2.24) is 20.0 Å². The minimum Gasteiger partial charge on any atom is -0.450 e. The zero-order valence-electron chi connectivity index (χ0n) is 21.1. The number of anilines is 1. The van der Waals surface area contributed by atoms with Crippen molar-refractivity contribution in [3.05, 3.63) is 82.1 Å². The Morgan fingerprint density at radius 3 is 2.51 bits per heavy atom. The van der Waals surface area contributed by atoms with Crippen LogP contribution in [0.2, 0.25) is 0 Å². The second-order valence-corrected chi connectivity index (χ2v) is 9.07. The number of likely N-dealkylation sites (tertiary alicyclic amines) is 1. The number of carbonyl (C=O) groups is 2. The first-order chi connectivity index (χ1) is 18.0. The molecule has 1 aromatic heterocycles. The van der Waals surface area contributed by atoms with Gasteiger partial charge in [-0.2, -0.15) is 5.10 Å². The van der Waals surface area contributed by atoms with E-state index in [-0.39, 0.29) is 24.6 Å². The lowest BCUT2D eigenvalue weighted by molar-refractivity contribution is -0.122. The van der Waals surface area contributed by atoms with E-state index in [4.69, 9.17) is 4.74 Å². The van der Waals surface area contributed by atoms with Crippen LogP contribution in [0.3, 0.4) is 0 Å². The molecule has 2 amide bonds. The summed E-state index contributed by atoms with van der Waals surface area (Å²) in [6.07, 6.45) is 3.05. The van der Waals surface area contributed by atoms with E-state index in [0.717, 1.165) is 42.6 Å². The first kappa shape index (κ1) is 26.1. The summed E-state index contributed by atoms with van der Waals surface area (Å²) in [5.74, 6) is 0.0428. The molecule has 0 radical (unpaired) electrons. The van der Waals surface area contributed by atoms with Gasteiger partial charge in [-0.05, 0) is 62.2 Å². The van der Waals surface area contributed by atoms with Crippen molar-refractivity contribution in [2.45, 2.75) is 39.3 Å². The van der Waals surface area contributed by atoms with Gasteiger partial charge in [-0.1, -0.05) is 42.8 Å². The lowest BCUT2D eigenvalue weighted by Crippen LogP contribution is -2.39. The second-order valence-electron chi connectivity index (χ2n) is 9.07. The molecule has 2 aromatic carbocycles. The number of piperidine rings is 1. The van der Waals surface area contributed by atoms with Crippen molar-refractivity contribution in [1.29, 1.82) is 0 Å². The molecule has 1 fully saturated rings. The molecule has 0 saturated carbocycles. The molecule has 194 valence electrons. The third kappa shape index (κ3) is 7.75. The van der Waals surface area contributed by atoms with Crippen LogP contribution in [0.4, 0.5) is 10.5 Å². The summed E-state index contributed by atoms with van der Waals surface area (Å²) < 4.78 is 6.31. The van der Waals surface area contributed by atoms with Crippen molar-refractivity contribution in [2.24, 2.45) is 0 Å². The fourth-order valence-corrected chi connectivity index (χ4v) is 4.29. The van der Waals surface area contributed by atoms with Crippen LogP contribution in [0.15, 0.2) is 65.5 Å². The zero-order chi connectivity index (χ0) is 26.0. The van der Waals surface area contributed by atoms with Gasteiger partial charge in [-0.3, -0.25) is 19.8 Å². The molecule has 9 heteroatoms. The fourth-order valence-electron chi connectivity index (χ4n) is 4.29. The van der Waals surface area contributed by atoms with E-state index < -0.39 is 6.09 Å².